The molecule has 0 aliphatic rings. The third-order valence-electron chi connectivity index (χ3n) is 3.58. The summed E-state index contributed by atoms with van der Waals surface area (Å²) in [5.74, 6) is 1.13. The van der Waals surface area contributed by atoms with Gasteiger partial charge in [-0.3, -0.25) is 0 Å². The fraction of sp³-hybridized carbons (Fsp3) is 0.353. The number of hydrogen-bond acceptors (Lipinski definition) is 7. The quantitative estimate of drug-likeness (QED) is 0.707. The van der Waals surface area contributed by atoms with E-state index >= 15 is 0 Å². The minimum atomic E-state index is 0.00746. The summed E-state index contributed by atoms with van der Waals surface area (Å²) in [7, 11) is 0. The van der Waals surface area contributed by atoms with Crippen molar-refractivity contribution in [1.29, 1.82) is 0 Å². The lowest BCUT2D eigenvalue weighted by molar-refractivity contribution is 0.0761. The van der Waals surface area contributed by atoms with Crippen molar-refractivity contribution in [3.05, 3.63) is 51.8 Å². The number of nitrogens with zero attached hydrogens (tertiary/aromatic N) is 3. The van der Waals surface area contributed by atoms with E-state index in [4.69, 9.17) is 15.0 Å². The molecule has 7 heteroatoms. The highest BCUT2D eigenvalue weighted by Gasteiger charge is 2.14. The Morgan fingerprint density at radius 1 is 1.25 bits per heavy atom. The van der Waals surface area contributed by atoms with Crippen LogP contribution < -0.4 is 5.73 Å². The number of ether oxygens (including phenoxy) is 1. The lowest BCUT2D eigenvalue weighted by Gasteiger charge is -2.06. The first kappa shape index (κ1) is 16.8. The zero-order chi connectivity index (χ0) is 16.9. The highest BCUT2D eigenvalue weighted by atomic mass is 32.1. The second-order valence-electron chi connectivity index (χ2n) is 5.36. The van der Waals surface area contributed by atoms with Gasteiger partial charge in [-0.1, -0.05) is 29.4 Å². The molecule has 3 aromatic rings. The second-order valence-corrected chi connectivity index (χ2v) is 6.25. The first-order chi connectivity index (χ1) is 11.7. The topological polar surface area (TPSA) is 87.1 Å². The molecule has 24 heavy (non-hydrogen) atoms. The van der Waals surface area contributed by atoms with E-state index in [0.717, 1.165) is 21.8 Å². The van der Waals surface area contributed by atoms with Crippen LogP contribution >= 0.6 is 11.3 Å². The third kappa shape index (κ3) is 3.87. The van der Waals surface area contributed by atoms with Gasteiger partial charge in [-0.2, -0.15) is 4.98 Å². The summed E-state index contributed by atoms with van der Waals surface area (Å²) in [6, 6.07) is 7.82. The molecule has 1 unspecified atom stereocenters. The minimum absolute atomic E-state index is 0.00746. The summed E-state index contributed by atoms with van der Waals surface area (Å²) in [5.41, 5.74) is 8.50. The van der Waals surface area contributed by atoms with Gasteiger partial charge < -0.3 is 15.0 Å². The Morgan fingerprint density at radius 2 is 2.04 bits per heavy atom. The summed E-state index contributed by atoms with van der Waals surface area (Å²) in [6.45, 7) is 5.17. The van der Waals surface area contributed by atoms with E-state index in [1.807, 2.05) is 43.5 Å². The predicted octanol–water partition coefficient (Wildman–Crippen LogP) is 3.34. The maximum absolute atomic E-state index is 5.61. The Bertz CT molecular complexity index is 782. The van der Waals surface area contributed by atoms with Gasteiger partial charge in [-0.25, -0.2) is 4.98 Å². The highest BCUT2D eigenvalue weighted by Crippen LogP contribution is 2.23. The van der Waals surface area contributed by atoms with E-state index < -0.39 is 0 Å². The molecule has 0 amide bonds. The molecular weight excluding hydrogens is 324 g/mol. The van der Waals surface area contributed by atoms with Crippen molar-refractivity contribution in [2.24, 2.45) is 5.73 Å². The van der Waals surface area contributed by atoms with Crippen LogP contribution in [0.4, 0.5) is 0 Å². The average Bonchev–Trinajstić information content (AvgIpc) is 3.25. The van der Waals surface area contributed by atoms with Gasteiger partial charge in [0.15, 0.2) is 0 Å². The first-order valence-corrected chi connectivity index (χ1v) is 8.75. The molecule has 1 atom stereocenters. The smallest absolute Gasteiger partial charge is 0.233 e. The van der Waals surface area contributed by atoms with Crippen molar-refractivity contribution in [3.63, 3.8) is 0 Å². The van der Waals surface area contributed by atoms with Gasteiger partial charge in [0.05, 0.1) is 12.1 Å². The van der Waals surface area contributed by atoms with Crippen LogP contribution in [-0.4, -0.2) is 21.7 Å². The Balaban J connectivity index is 1.69. The lowest BCUT2D eigenvalue weighted by atomic mass is 10.1. The molecule has 0 spiro atoms. The summed E-state index contributed by atoms with van der Waals surface area (Å²) < 4.78 is 10.9. The summed E-state index contributed by atoms with van der Waals surface area (Å²) in [4.78, 5) is 9.03. The molecule has 0 saturated heterocycles. The van der Waals surface area contributed by atoms with Gasteiger partial charge in [-0.05, 0) is 19.4 Å². The van der Waals surface area contributed by atoms with Crippen molar-refractivity contribution in [2.75, 3.05) is 6.61 Å². The zero-order valence-electron chi connectivity index (χ0n) is 13.7. The monoisotopic (exact) mass is 344 g/mol. The van der Waals surface area contributed by atoms with E-state index in [1.54, 1.807) is 11.3 Å². The van der Waals surface area contributed by atoms with Gasteiger partial charge >= 0.3 is 0 Å². The normalized spacial score (nSPS) is 12.5. The maximum atomic E-state index is 5.61. The van der Waals surface area contributed by atoms with Crippen molar-refractivity contribution in [3.8, 4) is 11.4 Å². The molecule has 0 bridgehead atoms. The Labute approximate surface area is 144 Å². The summed E-state index contributed by atoms with van der Waals surface area (Å²) in [5, 5.41) is 7.01. The van der Waals surface area contributed by atoms with Crippen LogP contribution in [0.25, 0.3) is 11.4 Å². The van der Waals surface area contributed by atoms with E-state index in [1.165, 1.54) is 0 Å². The van der Waals surface area contributed by atoms with E-state index in [9.17, 15) is 0 Å². The van der Waals surface area contributed by atoms with Crippen molar-refractivity contribution in [2.45, 2.75) is 32.9 Å². The maximum Gasteiger partial charge on any atom is 0.233 e. The van der Waals surface area contributed by atoms with Crippen LogP contribution in [0.15, 0.2) is 34.2 Å². The molecule has 0 aliphatic carbocycles. The molecule has 0 saturated carbocycles. The SMILES string of the molecule is CCOC(C)c1nc(Cc2nc(-c3ccc(CN)cc3)no2)cs1. The largest absolute Gasteiger partial charge is 0.372 e. The van der Waals surface area contributed by atoms with E-state index in [0.29, 0.717) is 31.3 Å². The molecule has 0 fully saturated rings. The van der Waals surface area contributed by atoms with Crippen LogP contribution in [0.5, 0.6) is 0 Å². The Morgan fingerprint density at radius 3 is 2.75 bits per heavy atom. The average molecular weight is 344 g/mol. The van der Waals surface area contributed by atoms with E-state index in [-0.39, 0.29) is 6.10 Å². The van der Waals surface area contributed by atoms with E-state index in [2.05, 4.69) is 15.1 Å². The predicted molar refractivity (Wildman–Crippen MR) is 92.6 cm³/mol. The molecule has 1 aromatic carbocycles. The molecule has 2 heterocycles. The van der Waals surface area contributed by atoms with Gasteiger partial charge in [0, 0.05) is 24.1 Å². The second kappa shape index (κ2) is 7.65. The van der Waals surface area contributed by atoms with Gasteiger partial charge in [0.25, 0.3) is 0 Å². The standard InChI is InChI=1S/C17H20N4O2S/c1-3-22-11(2)17-19-14(10-24-17)8-15-20-16(21-23-15)13-6-4-12(9-18)5-7-13/h4-7,10-11H,3,8-9,18H2,1-2H3. The fourth-order valence-electron chi connectivity index (χ4n) is 2.30. The number of thiazole rings is 1. The lowest BCUT2D eigenvalue weighted by Crippen LogP contribution is -1.99. The van der Waals surface area contributed by atoms with Crippen LogP contribution in [0.3, 0.4) is 0 Å². The number of nitrogens with two attached hydrogens (primary N) is 1. The van der Waals surface area contributed by atoms with Gasteiger partial charge in [-0.15, -0.1) is 11.3 Å². The van der Waals surface area contributed by atoms with Gasteiger partial charge in [0.1, 0.15) is 11.1 Å². The number of aromatic nitrogens is 3. The number of benzene rings is 1. The van der Waals surface area contributed by atoms with Gasteiger partial charge in [0.2, 0.25) is 11.7 Å². The van der Waals surface area contributed by atoms with Crippen molar-refractivity contribution >= 4 is 11.3 Å². The Hall–Kier alpha value is -2.09. The molecule has 0 aliphatic heterocycles. The third-order valence-corrected chi connectivity index (χ3v) is 4.64. The molecule has 2 N–H and O–H groups in total. The highest BCUT2D eigenvalue weighted by molar-refractivity contribution is 7.09. The van der Waals surface area contributed by atoms with Crippen LogP contribution in [0.2, 0.25) is 0 Å². The molecular formula is C17H20N4O2S. The molecule has 6 nitrogen and oxygen atoms in total. The van der Waals surface area contributed by atoms with Crippen LogP contribution in [-0.2, 0) is 17.7 Å². The summed E-state index contributed by atoms with van der Waals surface area (Å²) in [6.07, 6.45) is 0.525. The number of rotatable bonds is 7. The minimum Gasteiger partial charge on any atom is -0.372 e. The van der Waals surface area contributed by atoms with Crippen molar-refractivity contribution < 1.29 is 9.26 Å². The first-order valence-electron chi connectivity index (χ1n) is 7.87. The van der Waals surface area contributed by atoms with Crippen LogP contribution in [0.1, 0.15) is 42.1 Å². The molecule has 3 rings (SSSR count). The van der Waals surface area contributed by atoms with Crippen molar-refractivity contribution in [1.82, 2.24) is 15.1 Å². The van der Waals surface area contributed by atoms with Crippen LogP contribution in [0, 0.1) is 0 Å². The molecule has 126 valence electrons. The Kier molecular flexibility index (Phi) is 5.34. The zero-order valence-corrected chi connectivity index (χ0v) is 14.5. The molecule has 0 radical (unpaired) electrons. The molecule has 2 aromatic heterocycles. The number of hydrogen-bond donors (Lipinski definition) is 1. The summed E-state index contributed by atoms with van der Waals surface area (Å²) >= 11 is 1.59. The fourth-order valence-corrected chi connectivity index (χ4v) is 3.12.